The van der Waals surface area contributed by atoms with Crippen molar-refractivity contribution in [2.24, 2.45) is 23.7 Å². The normalized spacial score (nSPS) is 27.3. The van der Waals surface area contributed by atoms with E-state index in [0.717, 1.165) is 42.1 Å². The maximum absolute atomic E-state index is 13.1. The van der Waals surface area contributed by atoms with Gasteiger partial charge in [0.05, 0.1) is 16.8 Å². The summed E-state index contributed by atoms with van der Waals surface area (Å²) < 4.78 is 27.2. The minimum absolute atomic E-state index is 0.0217. The molecule has 2 saturated carbocycles. The van der Waals surface area contributed by atoms with E-state index in [9.17, 15) is 13.5 Å². The van der Waals surface area contributed by atoms with Gasteiger partial charge in [-0.2, -0.15) is 0 Å². The molecular weight excluding hydrogens is 472 g/mol. The number of hydrogen-bond donors (Lipinski definition) is 1. The van der Waals surface area contributed by atoms with Crippen LogP contribution in [0.1, 0.15) is 31.2 Å². The largest absolute Gasteiger partial charge is 0.393 e. The molecule has 1 N–H and O–H groups in total. The number of sulfone groups is 1. The Balaban J connectivity index is 1.54. The van der Waals surface area contributed by atoms with Gasteiger partial charge in [-0.3, -0.25) is 0 Å². The van der Waals surface area contributed by atoms with Crippen LogP contribution in [0.15, 0.2) is 57.9 Å². The molecule has 0 saturated heterocycles. The molecule has 5 unspecified atom stereocenters. The van der Waals surface area contributed by atoms with Crippen LogP contribution in [0.2, 0.25) is 5.02 Å². The van der Waals surface area contributed by atoms with Crippen molar-refractivity contribution in [3.63, 3.8) is 0 Å². The zero-order valence-corrected chi connectivity index (χ0v) is 19.3. The SMILES string of the molecule is O=S(=O)(CC(Cc1ccc(Br)cc1)CC1CC2CCC1C2O)c1ccc(Cl)cc1. The van der Waals surface area contributed by atoms with Crippen molar-refractivity contribution < 1.29 is 13.5 Å². The van der Waals surface area contributed by atoms with E-state index in [1.54, 1.807) is 24.3 Å². The third-order valence-corrected chi connectivity index (χ3v) is 9.39. The van der Waals surface area contributed by atoms with Gasteiger partial charge in [0.25, 0.3) is 0 Å². The lowest BCUT2D eigenvalue weighted by atomic mass is 9.81. The zero-order chi connectivity index (χ0) is 20.6. The lowest BCUT2D eigenvalue weighted by Gasteiger charge is -2.27. The number of hydrogen-bond acceptors (Lipinski definition) is 3. The molecule has 2 bridgehead atoms. The van der Waals surface area contributed by atoms with Crippen LogP contribution in [-0.4, -0.2) is 25.4 Å². The fraction of sp³-hybridized carbons (Fsp3) is 0.478. The van der Waals surface area contributed by atoms with Gasteiger partial charge in [0.2, 0.25) is 0 Å². The Labute approximate surface area is 186 Å². The zero-order valence-electron chi connectivity index (χ0n) is 16.2. The van der Waals surface area contributed by atoms with E-state index >= 15 is 0 Å². The Morgan fingerprint density at radius 3 is 2.34 bits per heavy atom. The molecule has 0 radical (unpaired) electrons. The molecule has 2 aromatic rings. The number of aliphatic hydroxyl groups excluding tert-OH is 1. The molecule has 2 aliphatic carbocycles. The van der Waals surface area contributed by atoms with Crippen LogP contribution in [0.4, 0.5) is 0 Å². The van der Waals surface area contributed by atoms with Crippen molar-refractivity contribution in [2.45, 2.75) is 43.1 Å². The van der Waals surface area contributed by atoms with Gasteiger partial charge in [-0.1, -0.05) is 39.7 Å². The summed E-state index contributed by atoms with van der Waals surface area (Å²) >= 11 is 9.39. The fourth-order valence-electron chi connectivity index (χ4n) is 5.34. The van der Waals surface area contributed by atoms with Gasteiger partial charge < -0.3 is 5.11 Å². The molecule has 6 heteroatoms. The number of halogens is 2. The van der Waals surface area contributed by atoms with Crippen LogP contribution in [0.5, 0.6) is 0 Å². The second-order valence-corrected chi connectivity index (χ2v) is 12.0. The van der Waals surface area contributed by atoms with Gasteiger partial charge in [0.15, 0.2) is 9.84 Å². The summed E-state index contributed by atoms with van der Waals surface area (Å²) in [7, 11) is -3.40. The predicted octanol–water partition coefficient (Wildman–Crippen LogP) is 5.53. The van der Waals surface area contributed by atoms with Crippen molar-refractivity contribution in [1.82, 2.24) is 0 Å². The van der Waals surface area contributed by atoms with Crippen molar-refractivity contribution in [2.75, 3.05) is 5.75 Å². The van der Waals surface area contributed by atoms with E-state index in [-0.39, 0.29) is 17.8 Å². The van der Waals surface area contributed by atoms with E-state index < -0.39 is 9.84 Å². The predicted molar refractivity (Wildman–Crippen MR) is 120 cm³/mol. The molecule has 0 heterocycles. The third kappa shape index (κ3) is 4.90. The molecule has 156 valence electrons. The van der Waals surface area contributed by atoms with E-state index in [1.807, 2.05) is 12.1 Å². The average Bonchev–Trinajstić information content (AvgIpc) is 3.18. The molecule has 5 atom stereocenters. The summed E-state index contributed by atoms with van der Waals surface area (Å²) in [6.45, 7) is 0. The average molecular weight is 498 g/mol. The molecule has 0 aliphatic heterocycles. The molecule has 2 aliphatic rings. The minimum Gasteiger partial charge on any atom is -0.393 e. The lowest BCUT2D eigenvalue weighted by molar-refractivity contribution is 0.117. The summed E-state index contributed by atoms with van der Waals surface area (Å²) in [5, 5.41) is 11.0. The monoisotopic (exact) mass is 496 g/mol. The van der Waals surface area contributed by atoms with Crippen LogP contribution in [0.25, 0.3) is 0 Å². The van der Waals surface area contributed by atoms with Crippen LogP contribution < -0.4 is 0 Å². The topological polar surface area (TPSA) is 54.4 Å². The summed E-state index contributed by atoms with van der Waals surface area (Å²) in [4.78, 5) is 0.329. The third-order valence-electron chi connectivity index (χ3n) is 6.71. The molecule has 2 aromatic carbocycles. The second-order valence-electron chi connectivity index (χ2n) is 8.66. The molecule has 4 rings (SSSR count). The van der Waals surface area contributed by atoms with Crippen LogP contribution in [0, 0.1) is 23.7 Å². The fourth-order valence-corrected chi connectivity index (χ4v) is 7.35. The second kappa shape index (κ2) is 8.70. The first-order valence-electron chi connectivity index (χ1n) is 10.2. The molecule has 3 nitrogen and oxygen atoms in total. The number of benzene rings is 2. The standard InChI is InChI=1S/C23H26BrClO3S/c24-19-4-1-15(2-5-19)11-16(12-18-13-17-3-10-22(18)23(17)26)14-29(27,28)21-8-6-20(25)7-9-21/h1-2,4-9,16-18,22-23,26H,3,10-14H2. The number of rotatable bonds is 7. The summed E-state index contributed by atoms with van der Waals surface area (Å²) in [6, 6.07) is 14.6. The van der Waals surface area contributed by atoms with Crippen LogP contribution in [-0.2, 0) is 16.3 Å². The Bertz CT molecular complexity index is 943. The Hall–Kier alpha value is -0.880. The first-order chi connectivity index (χ1) is 13.8. The highest BCUT2D eigenvalue weighted by Crippen LogP contribution is 2.50. The minimum atomic E-state index is -3.40. The van der Waals surface area contributed by atoms with Gasteiger partial charge in [-0.15, -0.1) is 0 Å². The van der Waals surface area contributed by atoms with Crippen LogP contribution in [0.3, 0.4) is 0 Å². The lowest BCUT2D eigenvalue weighted by Crippen LogP contribution is -2.24. The van der Waals surface area contributed by atoms with Crippen molar-refractivity contribution in [3.8, 4) is 0 Å². The Kier molecular flexibility index (Phi) is 6.41. The van der Waals surface area contributed by atoms with Gasteiger partial charge in [0.1, 0.15) is 0 Å². The molecular formula is C23H26BrClO3S. The molecule has 0 amide bonds. The van der Waals surface area contributed by atoms with E-state index in [1.165, 1.54) is 0 Å². The van der Waals surface area contributed by atoms with Crippen molar-refractivity contribution >= 4 is 37.4 Å². The molecule has 29 heavy (non-hydrogen) atoms. The maximum Gasteiger partial charge on any atom is 0.178 e. The van der Waals surface area contributed by atoms with E-state index in [2.05, 4.69) is 28.1 Å². The summed E-state index contributed by atoms with van der Waals surface area (Å²) in [5.41, 5.74) is 1.15. The van der Waals surface area contributed by atoms with Crippen molar-refractivity contribution in [1.29, 1.82) is 0 Å². The molecule has 0 spiro atoms. The quantitative estimate of drug-likeness (QED) is 0.547. The smallest absolute Gasteiger partial charge is 0.178 e. The highest BCUT2D eigenvalue weighted by Gasteiger charge is 2.47. The first-order valence-corrected chi connectivity index (χ1v) is 13.0. The first kappa shape index (κ1) is 21.4. The van der Waals surface area contributed by atoms with Crippen LogP contribution >= 0.6 is 27.5 Å². The molecule has 0 aromatic heterocycles. The van der Waals surface area contributed by atoms with Gasteiger partial charge in [-0.05, 0) is 97.7 Å². The number of fused-ring (bicyclic) bond motifs is 2. The maximum atomic E-state index is 13.1. The Morgan fingerprint density at radius 1 is 1.07 bits per heavy atom. The van der Waals surface area contributed by atoms with Gasteiger partial charge >= 0.3 is 0 Å². The summed E-state index contributed by atoms with van der Waals surface area (Å²) in [6.07, 6.45) is 4.60. The summed E-state index contributed by atoms with van der Waals surface area (Å²) in [5.74, 6) is 1.31. The van der Waals surface area contributed by atoms with Gasteiger partial charge in [0, 0.05) is 9.50 Å². The molecule has 2 fully saturated rings. The number of aliphatic hydroxyl groups is 1. The Morgan fingerprint density at radius 2 is 1.76 bits per heavy atom. The highest BCUT2D eigenvalue weighted by atomic mass is 79.9. The van der Waals surface area contributed by atoms with E-state index in [4.69, 9.17) is 11.6 Å². The van der Waals surface area contributed by atoms with Gasteiger partial charge in [-0.25, -0.2) is 8.42 Å². The van der Waals surface area contributed by atoms with E-state index in [0.29, 0.717) is 27.7 Å². The van der Waals surface area contributed by atoms with Crippen molar-refractivity contribution in [3.05, 3.63) is 63.6 Å². The highest BCUT2D eigenvalue weighted by molar-refractivity contribution is 9.10.